The van der Waals surface area contributed by atoms with Crippen LogP contribution in [0.4, 0.5) is 11.4 Å². The molecule has 0 saturated carbocycles. The molecule has 2 N–H and O–H groups in total. The zero-order valence-electron chi connectivity index (χ0n) is 19.0. The number of rotatable bonds is 7. The van der Waals surface area contributed by atoms with Crippen LogP contribution in [-0.2, 0) is 9.59 Å². The molecule has 0 radical (unpaired) electrons. The van der Waals surface area contributed by atoms with E-state index in [2.05, 4.69) is 17.5 Å². The zero-order chi connectivity index (χ0) is 24.0. The summed E-state index contributed by atoms with van der Waals surface area (Å²) in [6.07, 6.45) is 1.49. The Labute approximate surface area is 199 Å². The van der Waals surface area contributed by atoms with Crippen molar-refractivity contribution in [3.63, 3.8) is 0 Å². The highest BCUT2D eigenvalue weighted by Gasteiger charge is 2.28. The van der Waals surface area contributed by atoms with E-state index in [9.17, 15) is 14.7 Å². The molecule has 0 bridgehead atoms. The number of carbonyl (C=O) groups is 2. The lowest BCUT2D eigenvalue weighted by Crippen LogP contribution is -2.45. The van der Waals surface area contributed by atoms with Crippen molar-refractivity contribution in [2.24, 2.45) is 5.92 Å². The standard InChI is InChI=1S/C25H29ClN4O3/c1-17-12-18(2)14-21(13-17)30(9-3-8-27)24(32)16-29-10-6-19(7-11-29)25(33)28-22-15-20(26)4-5-23(22)31/h4-5,12-15,19,31H,3,6-7,9-11,16H2,1-2H3,(H,28,33). The maximum atomic E-state index is 13.1. The van der Waals surface area contributed by atoms with Crippen LogP contribution in [0.1, 0.15) is 30.4 Å². The van der Waals surface area contributed by atoms with Crippen LogP contribution in [0.2, 0.25) is 5.02 Å². The molecule has 1 fully saturated rings. The fourth-order valence-electron chi connectivity index (χ4n) is 4.14. The maximum absolute atomic E-state index is 13.1. The minimum atomic E-state index is -0.205. The number of aromatic hydroxyl groups is 1. The van der Waals surface area contributed by atoms with Gasteiger partial charge in [-0.05, 0) is 81.2 Å². The third-order valence-corrected chi connectivity index (χ3v) is 6.04. The molecule has 8 heteroatoms. The number of aryl methyl sites for hydroxylation is 2. The molecule has 0 aliphatic carbocycles. The van der Waals surface area contributed by atoms with Gasteiger partial charge in [-0.1, -0.05) is 17.7 Å². The minimum absolute atomic E-state index is 0.0281. The molecule has 1 aliphatic heterocycles. The number of nitriles is 1. The summed E-state index contributed by atoms with van der Waals surface area (Å²) in [6, 6.07) is 12.6. The maximum Gasteiger partial charge on any atom is 0.241 e. The van der Waals surface area contributed by atoms with E-state index in [1.54, 1.807) is 11.0 Å². The molecule has 33 heavy (non-hydrogen) atoms. The minimum Gasteiger partial charge on any atom is -0.506 e. The van der Waals surface area contributed by atoms with Crippen molar-refractivity contribution in [2.75, 3.05) is 36.4 Å². The van der Waals surface area contributed by atoms with Gasteiger partial charge < -0.3 is 15.3 Å². The van der Waals surface area contributed by atoms with Crippen molar-refractivity contribution < 1.29 is 14.7 Å². The summed E-state index contributed by atoms with van der Waals surface area (Å²) in [5, 5.41) is 22.1. The van der Waals surface area contributed by atoms with Crippen LogP contribution >= 0.6 is 11.6 Å². The van der Waals surface area contributed by atoms with Gasteiger partial charge in [-0.15, -0.1) is 0 Å². The number of hydrogen-bond donors (Lipinski definition) is 2. The van der Waals surface area contributed by atoms with Crippen molar-refractivity contribution in [3.05, 3.63) is 52.5 Å². The number of likely N-dealkylation sites (tertiary alicyclic amines) is 1. The number of carbonyl (C=O) groups excluding carboxylic acids is 2. The molecule has 0 aromatic heterocycles. The molecule has 2 aromatic carbocycles. The summed E-state index contributed by atoms with van der Waals surface area (Å²) < 4.78 is 0. The van der Waals surface area contributed by atoms with Crippen LogP contribution in [0.5, 0.6) is 5.75 Å². The molecule has 3 rings (SSSR count). The fourth-order valence-corrected chi connectivity index (χ4v) is 4.31. The first-order chi connectivity index (χ1) is 15.8. The van der Waals surface area contributed by atoms with Crippen LogP contribution in [0.25, 0.3) is 0 Å². The van der Waals surface area contributed by atoms with E-state index < -0.39 is 0 Å². The molecule has 2 amide bonds. The molecule has 1 aliphatic rings. The topological polar surface area (TPSA) is 96.7 Å². The average molecular weight is 469 g/mol. The molecular weight excluding hydrogens is 440 g/mol. The van der Waals surface area contributed by atoms with Crippen molar-refractivity contribution in [3.8, 4) is 11.8 Å². The molecule has 1 heterocycles. The van der Waals surface area contributed by atoms with Gasteiger partial charge in [0.25, 0.3) is 0 Å². The number of phenolic OH excluding ortho intramolecular Hbond substituents is 1. The average Bonchev–Trinajstić information content (AvgIpc) is 2.76. The molecule has 0 spiro atoms. The number of nitrogens with zero attached hydrogens (tertiary/aromatic N) is 3. The number of halogens is 1. The van der Waals surface area contributed by atoms with E-state index in [0.717, 1.165) is 16.8 Å². The second-order valence-electron chi connectivity index (χ2n) is 8.50. The second-order valence-corrected chi connectivity index (χ2v) is 8.94. The number of anilines is 2. The summed E-state index contributed by atoms with van der Waals surface area (Å²) in [4.78, 5) is 29.5. The molecular formula is C25H29ClN4O3. The lowest BCUT2D eigenvalue weighted by molar-refractivity contribution is -0.122. The number of piperidine rings is 1. The van der Waals surface area contributed by atoms with Crippen LogP contribution in [0, 0.1) is 31.1 Å². The van der Waals surface area contributed by atoms with Gasteiger partial charge >= 0.3 is 0 Å². The number of hydrogen-bond acceptors (Lipinski definition) is 5. The van der Waals surface area contributed by atoms with Crippen LogP contribution in [0.3, 0.4) is 0 Å². The van der Waals surface area contributed by atoms with Gasteiger partial charge in [-0.25, -0.2) is 0 Å². The van der Waals surface area contributed by atoms with Gasteiger partial charge in [-0.3, -0.25) is 14.5 Å². The van der Waals surface area contributed by atoms with Gasteiger partial charge in [0.2, 0.25) is 11.8 Å². The Morgan fingerprint density at radius 2 is 1.85 bits per heavy atom. The highest BCUT2D eigenvalue weighted by atomic mass is 35.5. The summed E-state index contributed by atoms with van der Waals surface area (Å²) in [7, 11) is 0. The van der Waals surface area contributed by atoms with Gasteiger partial charge in [0.05, 0.1) is 24.7 Å². The van der Waals surface area contributed by atoms with Gasteiger partial charge in [0.1, 0.15) is 5.75 Å². The Bertz CT molecular complexity index is 1040. The van der Waals surface area contributed by atoms with E-state index in [1.807, 2.05) is 30.9 Å². The lowest BCUT2D eigenvalue weighted by Gasteiger charge is -2.32. The smallest absolute Gasteiger partial charge is 0.241 e. The third kappa shape index (κ3) is 6.70. The van der Waals surface area contributed by atoms with Crippen molar-refractivity contribution >= 4 is 34.8 Å². The van der Waals surface area contributed by atoms with Gasteiger partial charge in [0, 0.05) is 23.2 Å². The lowest BCUT2D eigenvalue weighted by atomic mass is 9.95. The largest absolute Gasteiger partial charge is 0.506 e. The molecule has 7 nitrogen and oxygen atoms in total. The monoisotopic (exact) mass is 468 g/mol. The first kappa shape index (κ1) is 24.6. The van der Waals surface area contributed by atoms with Crippen molar-refractivity contribution in [1.82, 2.24) is 4.90 Å². The van der Waals surface area contributed by atoms with E-state index in [1.165, 1.54) is 12.1 Å². The van der Waals surface area contributed by atoms with Crippen molar-refractivity contribution in [1.29, 1.82) is 5.26 Å². The summed E-state index contributed by atoms with van der Waals surface area (Å²) >= 11 is 5.95. The number of benzene rings is 2. The third-order valence-electron chi connectivity index (χ3n) is 5.80. The highest BCUT2D eigenvalue weighted by molar-refractivity contribution is 6.31. The van der Waals surface area contributed by atoms with Crippen LogP contribution in [-0.4, -0.2) is 48.0 Å². The van der Waals surface area contributed by atoms with Crippen LogP contribution in [0.15, 0.2) is 36.4 Å². The van der Waals surface area contributed by atoms with E-state index in [0.29, 0.717) is 43.2 Å². The first-order valence-corrected chi connectivity index (χ1v) is 11.4. The highest BCUT2D eigenvalue weighted by Crippen LogP contribution is 2.28. The normalized spacial score (nSPS) is 14.5. The summed E-state index contributed by atoms with van der Waals surface area (Å²) in [5.41, 5.74) is 3.24. The molecule has 0 atom stereocenters. The van der Waals surface area contributed by atoms with E-state index in [-0.39, 0.29) is 36.4 Å². The van der Waals surface area contributed by atoms with Crippen LogP contribution < -0.4 is 10.2 Å². The Kier molecular flexibility index (Phi) is 8.32. The number of phenols is 1. The summed E-state index contributed by atoms with van der Waals surface area (Å²) in [5.74, 6) is -0.449. The predicted octanol–water partition coefficient (Wildman–Crippen LogP) is 4.26. The SMILES string of the molecule is Cc1cc(C)cc(N(CCC#N)C(=O)CN2CCC(C(=O)Nc3cc(Cl)ccc3O)CC2)c1. The van der Waals surface area contributed by atoms with E-state index >= 15 is 0 Å². The second kappa shape index (κ2) is 11.2. The van der Waals surface area contributed by atoms with E-state index in [4.69, 9.17) is 16.9 Å². The molecule has 2 aromatic rings. The first-order valence-electron chi connectivity index (χ1n) is 11.0. The number of amides is 2. The molecule has 1 saturated heterocycles. The Morgan fingerprint density at radius 3 is 2.48 bits per heavy atom. The predicted molar refractivity (Wildman–Crippen MR) is 129 cm³/mol. The molecule has 174 valence electrons. The van der Waals surface area contributed by atoms with Gasteiger partial charge in [-0.2, -0.15) is 5.26 Å². The fraction of sp³-hybridized carbons (Fsp3) is 0.400. The quantitative estimate of drug-likeness (QED) is 0.592. The zero-order valence-corrected chi connectivity index (χ0v) is 19.7. The summed E-state index contributed by atoms with van der Waals surface area (Å²) in [6.45, 7) is 5.79. The number of nitrogens with one attached hydrogen (secondary N) is 1. The Morgan fingerprint density at radius 1 is 1.18 bits per heavy atom. The Balaban J connectivity index is 1.58. The Hall–Kier alpha value is -3.08. The van der Waals surface area contributed by atoms with Gasteiger partial charge in [0.15, 0.2) is 0 Å². The van der Waals surface area contributed by atoms with Crippen molar-refractivity contribution in [2.45, 2.75) is 33.1 Å². The molecule has 0 unspecified atom stereocenters.